The van der Waals surface area contributed by atoms with Crippen LogP contribution in [0.15, 0.2) is 6.20 Å². The number of hydrogen-bond acceptors (Lipinski definition) is 6. The lowest BCUT2D eigenvalue weighted by Crippen LogP contribution is -2.45. The van der Waals surface area contributed by atoms with E-state index in [1.807, 2.05) is 0 Å². The summed E-state index contributed by atoms with van der Waals surface area (Å²) in [5, 5.41) is 2.97. The first-order chi connectivity index (χ1) is 13.7. The van der Waals surface area contributed by atoms with Gasteiger partial charge in [-0.3, -0.25) is 19.3 Å². The number of anilines is 1. The molecule has 29 heavy (non-hydrogen) atoms. The minimum atomic E-state index is -1.09. The molecule has 3 unspecified atom stereocenters. The van der Waals surface area contributed by atoms with E-state index in [1.165, 1.54) is 13.1 Å². The first kappa shape index (κ1) is 21.5. The zero-order chi connectivity index (χ0) is 21.3. The molecule has 0 radical (unpaired) electrons. The van der Waals surface area contributed by atoms with Gasteiger partial charge in [0.05, 0.1) is 21.9 Å². The summed E-state index contributed by atoms with van der Waals surface area (Å²) < 4.78 is 5.00. The van der Waals surface area contributed by atoms with Crippen molar-refractivity contribution in [3.05, 3.63) is 21.8 Å². The van der Waals surface area contributed by atoms with Gasteiger partial charge in [-0.05, 0) is 32.3 Å². The van der Waals surface area contributed by atoms with Crippen molar-refractivity contribution in [1.29, 1.82) is 0 Å². The van der Waals surface area contributed by atoms with Gasteiger partial charge in [-0.1, -0.05) is 36.0 Å². The van der Waals surface area contributed by atoms with Gasteiger partial charge in [0, 0.05) is 6.20 Å². The van der Waals surface area contributed by atoms with Crippen LogP contribution in [0.5, 0.6) is 0 Å². The molecule has 1 aliphatic heterocycles. The fourth-order valence-corrected chi connectivity index (χ4v) is 4.13. The van der Waals surface area contributed by atoms with Gasteiger partial charge in [0.2, 0.25) is 11.8 Å². The lowest BCUT2D eigenvalue weighted by atomic mass is 9.81. The summed E-state index contributed by atoms with van der Waals surface area (Å²) in [5.41, 5.74) is 0.553. The molecule has 0 aromatic carbocycles. The van der Waals surface area contributed by atoms with Crippen molar-refractivity contribution in [2.24, 2.45) is 11.8 Å². The van der Waals surface area contributed by atoms with E-state index in [1.54, 1.807) is 6.92 Å². The first-order valence-corrected chi connectivity index (χ1v) is 10.1. The zero-order valence-electron chi connectivity index (χ0n) is 16.0. The highest BCUT2D eigenvalue weighted by molar-refractivity contribution is 6.37. The third-order valence-corrected chi connectivity index (χ3v) is 6.25. The Labute approximate surface area is 177 Å². The SMILES string of the molecule is Cc1c(Cl)cnc(NC(=O)COC(=O)C(C)N2C(=O)C3CCCCC3C2=O)c1Cl. The Hall–Kier alpha value is -2.19. The number of aromatic nitrogens is 1. The van der Waals surface area contributed by atoms with E-state index in [2.05, 4.69) is 10.3 Å². The second-order valence-corrected chi connectivity index (χ2v) is 8.05. The molecule has 3 amide bonds. The number of fused-ring (bicyclic) bond motifs is 1. The molecule has 8 nitrogen and oxygen atoms in total. The second kappa shape index (κ2) is 8.67. The number of esters is 1. The van der Waals surface area contributed by atoms with E-state index < -0.39 is 24.5 Å². The standard InChI is InChI=1S/C19H21Cl2N3O5/c1-9-13(20)7-22-16(15(9)21)23-14(25)8-29-19(28)10(2)24-17(26)11-5-3-4-6-12(11)18(24)27/h7,10-12H,3-6,8H2,1-2H3,(H,22,23,25). The Morgan fingerprint density at radius 1 is 1.24 bits per heavy atom. The van der Waals surface area contributed by atoms with Crippen LogP contribution in [0.25, 0.3) is 0 Å². The van der Waals surface area contributed by atoms with Gasteiger partial charge in [0.1, 0.15) is 6.04 Å². The van der Waals surface area contributed by atoms with Gasteiger partial charge in [-0.2, -0.15) is 0 Å². The number of pyridine rings is 1. The number of likely N-dealkylation sites (tertiary alicyclic amines) is 1. The normalized spacial score (nSPS) is 22.3. The number of ether oxygens (including phenoxy) is 1. The summed E-state index contributed by atoms with van der Waals surface area (Å²) in [6, 6.07) is -1.09. The Kier molecular flexibility index (Phi) is 6.43. The molecule has 2 fully saturated rings. The summed E-state index contributed by atoms with van der Waals surface area (Å²) in [4.78, 5) is 54.4. The highest BCUT2D eigenvalue weighted by Gasteiger charge is 2.51. The van der Waals surface area contributed by atoms with E-state index >= 15 is 0 Å². The largest absolute Gasteiger partial charge is 0.454 e. The molecule has 1 N–H and O–H groups in total. The first-order valence-electron chi connectivity index (χ1n) is 9.36. The molecule has 1 aromatic heterocycles. The number of carbonyl (C=O) groups is 4. The third kappa shape index (κ3) is 4.23. The summed E-state index contributed by atoms with van der Waals surface area (Å²) in [5.74, 6) is -2.76. The lowest BCUT2D eigenvalue weighted by Gasteiger charge is -2.21. The van der Waals surface area contributed by atoms with E-state index in [0.29, 0.717) is 23.4 Å². The number of nitrogens with zero attached hydrogens (tertiary/aromatic N) is 2. The smallest absolute Gasteiger partial charge is 0.329 e. The number of amides is 3. The fraction of sp³-hybridized carbons (Fsp3) is 0.526. The molecular weight excluding hydrogens is 421 g/mol. The molecule has 2 aliphatic rings. The van der Waals surface area contributed by atoms with E-state index in [4.69, 9.17) is 27.9 Å². The molecule has 3 rings (SSSR count). The average molecular weight is 442 g/mol. The van der Waals surface area contributed by atoms with E-state index in [9.17, 15) is 19.2 Å². The number of carbonyl (C=O) groups excluding carboxylic acids is 4. The summed E-state index contributed by atoms with van der Waals surface area (Å²) >= 11 is 12.0. The van der Waals surface area contributed by atoms with Crippen LogP contribution in [0.1, 0.15) is 38.2 Å². The monoisotopic (exact) mass is 441 g/mol. The Bertz CT molecular complexity index is 852. The predicted octanol–water partition coefficient (Wildman–Crippen LogP) is 2.74. The fourth-order valence-electron chi connectivity index (χ4n) is 3.74. The van der Waals surface area contributed by atoms with Crippen LogP contribution in [0.4, 0.5) is 5.82 Å². The lowest BCUT2D eigenvalue weighted by molar-refractivity contribution is -0.159. The van der Waals surface area contributed by atoms with Crippen molar-refractivity contribution in [3.63, 3.8) is 0 Å². The molecule has 1 aromatic rings. The Morgan fingerprint density at radius 2 is 1.83 bits per heavy atom. The number of hydrogen-bond donors (Lipinski definition) is 1. The summed E-state index contributed by atoms with van der Waals surface area (Å²) in [7, 11) is 0. The van der Waals surface area contributed by atoms with Gasteiger partial charge < -0.3 is 10.1 Å². The third-order valence-electron chi connectivity index (χ3n) is 5.41. The highest BCUT2D eigenvalue weighted by Crippen LogP contribution is 2.39. The maximum absolute atomic E-state index is 12.6. The predicted molar refractivity (Wildman–Crippen MR) is 105 cm³/mol. The maximum atomic E-state index is 12.6. The molecule has 1 saturated carbocycles. The van der Waals surface area contributed by atoms with Crippen LogP contribution in [-0.4, -0.2) is 46.2 Å². The van der Waals surface area contributed by atoms with Crippen molar-refractivity contribution in [3.8, 4) is 0 Å². The minimum Gasteiger partial charge on any atom is -0.454 e. The highest BCUT2D eigenvalue weighted by atomic mass is 35.5. The van der Waals surface area contributed by atoms with Gasteiger partial charge >= 0.3 is 5.97 Å². The van der Waals surface area contributed by atoms with Crippen LogP contribution in [-0.2, 0) is 23.9 Å². The minimum absolute atomic E-state index is 0.0941. The number of halogens is 2. The van der Waals surface area contributed by atoms with Gasteiger partial charge in [-0.15, -0.1) is 0 Å². The molecule has 2 heterocycles. The number of rotatable bonds is 5. The zero-order valence-corrected chi connectivity index (χ0v) is 17.5. The maximum Gasteiger partial charge on any atom is 0.329 e. The number of nitrogens with one attached hydrogen (secondary N) is 1. The molecule has 0 spiro atoms. The molecule has 0 bridgehead atoms. The Balaban J connectivity index is 1.57. The molecule has 1 saturated heterocycles. The van der Waals surface area contributed by atoms with Crippen molar-refractivity contribution in [2.75, 3.05) is 11.9 Å². The summed E-state index contributed by atoms with van der Waals surface area (Å²) in [6.07, 6.45) is 4.45. The van der Waals surface area contributed by atoms with Crippen LogP contribution in [0.3, 0.4) is 0 Å². The molecule has 3 atom stereocenters. The van der Waals surface area contributed by atoms with Crippen molar-refractivity contribution >= 4 is 52.7 Å². The van der Waals surface area contributed by atoms with Crippen molar-refractivity contribution in [1.82, 2.24) is 9.88 Å². The molecular formula is C19H21Cl2N3O5. The van der Waals surface area contributed by atoms with Crippen molar-refractivity contribution in [2.45, 2.75) is 45.6 Å². The van der Waals surface area contributed by atoms with Gasteiger partial charge in [0.15, 0.2) is 12.4 Å². The molecule has 1 aliphatic carbocycles. The van der Waals surface area contributed by atoms with Crippen LogP contribution < -0.4 is 5.32 Å². The van der Waals surface area contributed by atoms with Gasteiger partial charge in [-0.25, -0.2) is 9.78 Å². The summed E-state index contributed by atoms with van der Waals surface area (Å²) in [6.45, 7) is 2.49. The van der Waals surface area contributed by atoms with Gasteiger partial charge in [0.25, 0.3) is 5.91 Å². The quantitative estimate of drug-likeness (QED) is 0.556. The second-order valence-electron chi connectivity index (χ2n) is 7.27. The molecule has 156 valence electrons. The van der Waals surface area contributed by atoms with Crippen molar-refractivity contribution < 1.29 is 23.9 Å². The topological polar surface area (TPSA) is 106 Å². The average Bonchev–Trinajstić information content (AvgIpc) is 2.96. The number of imide groups is 1. The Morgan fingerprint density at radius 3 is 2.41 bits per heavy atom. The van der Waals surface area contributed by atoms with Crippen LogP contribution in [0.2, 0.25) is 10.0 Å². The van der Waals surface area contributed by atoms with E-state index in [-0.39, 0.29) is 34.5 Å². The van der Waals surface area contributed by atoms with Crippen LogP contribution >= 0.6 is 23.2 Å². The molecule has 10 heteroatoms. The van der Waals surface area contributed by atoms with Crippen LogP contribution in [0, 0.1) is 18.8 Å². The van der Waals surface area contributed by atoms with E-state index in [0.717, 1.165) is 17.7 Å².